The Labute approximate surface area is 229 Å². The molecule has 2 aromatic heterocycles. The molecule has 0 spiro atoms. The van der Waals surface area contributed by atoms with Crippen LogP contribution in [0.3, 0.4) is 0 Å². The van der Waals surface area contributed by atoms with Crippen molar-refractivity contribution in [3.63, 3.8) is 0 Å². The van der Waals surface area contributed by atoms with E-state index in [1.165, 1.54) is 47.4 Å². The summed E-state index contributed by atoms with van der Waals surface area (Å²) >= 11 is 2.83. The Bertz CT molecular complexity index is 1360. The zero-order valence-electron chi connectivity index (χ0n) is 21.5. The number of amides is 2. The number of rotatable bonds is 12. The smallest absolute Gasteiger partial charge is 0.324 e. The summed E-state index contributed by atoms with van der Waals surface area (Å²) in [7, 11) is 1.63. The van der Waals surface area contributed by atoms with Crippen molar-refractivity contribution >= 4 is 50.7 Å². The number of carbonyl (C=O) groups is 1. The van der Waals surface area contributed by atoms with Crippen molar-refractivity contribution in [3.05, 3.63) is 60.7 Å². The summed E-state index contributed by atoms with van der Waals surface area (Å²) in [6.07, 6.45) is 4.28. The number of carbonyl (C=O) groups excluding carboxylic acids is 1. The number of nitrogens with zero attached hydrogens (tertiary/aromatic N) is 3. The van der Waals surface area contributed by atoms with Crippen LogP contribution in [-0.4, -0.2) is 54.2 Å². The molecule has 200 valence electrons. The highest BCUT2D eigenvalue weighted by Crippen LogP contribution is 2.40. The Morgan fingerprint density at radius 2 is 1.87 bits per heavy atom. The summed E-state index contributed by atoms with van der Waals surface area (Å²) < 4.78 is 25.5. The number of anilines is 2. The Kier molecular flexibility index (Phi) is 9.74. The van der Waals surface area contributed by atoms with Crippen molar-refractivity contribution < 1.29 is 18.7 Å². The first-order chi connectivity index (χ1) is 18.5. The molecule has 4 aromatic rings. The number of thiazole rings is 1. The summed E-state index contributed by atoms with van der Waals surface area (Å²) in [4.78, 5) is 24.6. The van der Waals surface area contributed by atoms with Crippen LogP contribution >= 0.6 is 23.1 Å². The molecule has 2 amide bonds. The van der Waals surface area contributed by atoms with Gasteiger partial charge in [0.15, 0.2) is 15.8 Å². The second kappa shape index (κ2) is 13.4. The predicted octanol–water partition coefficient (Wildman–Crippen LogP) is 6.74. The quantitative estimate of drug-likeness (QED) is 0.187. The standard InChI is InChI=1S/C27H30FN5O3S2/c1-4-33(5-2)13-6-14-36-23-16-21-20(15-22(23)35-3)24(11-12-29-21)37-27-30-17-25(38-27)32-26(34)31-19-9-7-18(28)8-10-19/h7-12,15-17H,4-6,13-14H2,1-3H3,(H2,31,32,34). The van der Waals surface area contributed by atoms with Crippen molar-refractivity contribution in [1.82, 2.24) is 14.9 Å². The summed E-state index contributed by atoms with van der Waals surface area (Å²) in [6, 6.07) is 10.9. The van der Waals surface area contributed by atoms with Crippen molar-refractivity contribution in [3.8, 4) is 11.5 Å². The predicted molar refractivity (Wildman–Crippen MR) is 151 cm³/mol. The maximum Gasteiger partial charge on any atom is 0.324 e. The van der Waals surface area contributed by atoms with Crippen LogP contribution in [-0.2, 0) is 0 Å². The molecule has 0 fully saturated rings. The van der Waals surface area contributed by atoms with Gasteiger partial charge in [-0.2, -0.15) is 0 Å². The topological polar surface area (TPSA) is 88.6 Å². The summed E-state index contributed by atoms with van der Waals surface area (Å²) in [5.41, 5.74) is 1.29. The van der Waals surface area contributed by atoms with Gasteiger partial charge in [0.25, 0.3) is 0 Å². The Balaban J connectivity index is 1.42. The van der Waals surface area contributed by atoms with E-state index >= 15 is 0 Å². The lowest BCUT2D eigenvalue weighted by molar-refractivity contribution is 0.243. The number of nitrogens with one attached hydrogen (secondary N) is 2. The number of aromatic nitrogens is 2. The van der Waals surface area contributed by atoms with Gasteiger partial charge in [-0.3, -0.25) is 10.3 Å². The molecular formula is C27H30FN5O3S2. The van der Waals surface area contributed by atoms with Crippen LogP contribution in [0.2, 0.25) is 0 Å². The lowest BCUT2D eigenvalue weighted by Gasteiger charge is -2.18. The largest absolute Gasteiger partial charge is 0.493 e. The van der Waals surface area contributed by atoms with Gasteiger partial charge < -0.3 is 19.7 Å². The first-order valence-corrected chi connectivity index (χ1v) is 13.9. The average Bonchev–Trinajstić information content (AvgIpc) is 3.36. The first kappa shape index (κ1) is 27.6. The summed E-state index contributed by atoms with van der Waals surface area (Å²) in [6.45, 7) is 7.96. The molecule has 2 aromatic carbocycles. The van der Waals surface area contributed by atoms with Gasteiger partial charge in [0.1, 0.15) is 10.8 Å². The van der Waals surface area contributed by atoms with E-state index in [2.05, 4.69) is 39.3 Å². The Hall–Kier alpha value is -3.41. The second-order valence-electron chi connectivity index (χ2n) is 8.24. The number of urea groups is 1. The number of ether oxygens (including phenoxy) is 2. The molecule has 0 bridgehead atoms. The van der Waals surface area contributed by atoms with Gasteiger partial charge >= 0.3 is 6.03 Å². The minimum absolute atomic E-state index is 0.365. The van der Waals surface area contributed by atoms with Gasteiger partial charge in [-0.05, 0) is 55.9 Å². The minimum atomic E-state index is -0.430. The maximum absolute atomic E-state index is 13.1. The molecule has 2 heterocycles. The molecule has 0 aliphatic carbocycles. The van der Waals surface area contributed by atoms with Gasteiger partial charge in [-0.15, -0.1) is 0 Å². The van der Waals surface area contributed by atoms with E-state index in [0.717, 1.165) is 46.2 Å². The Morgan fingerprint density at radius 1 is 1.08 bits per heavy atom. The highest BCUT2D eigenvalue weighted by Gasteiger charge is 2.14. The number of hydrogen-bond donors (Lipinski definition) is 2. The van der Waals surface area contributed by atoms with Crippen LogP contribution in [0.4, 0.5) is 19.9 Å². The summed E-state index contributed by atoms with van der Waals surface area (Å²) in [5, 5.41) is 6.93. The molecule has 0 aliphatic heterocycles. The maximum atomic E-state index is 13.1. The SMILES string of the molecule is CCN(CC)CCCOc1cc2nccc(Sc3ncc(NC(=O)Nc4ccc(F)cc4)s3)c2cc1OC. The van der Waals surface area contributed by atoms with Crippen LogP contribution in [0.25, 0.3) is 10.9 Å². The molecule has 0 unspecified atom stereocenters. The fraction of sp³-hybridized carbons (Fsp3) is 0.296. The van der Waals surface area contributed by atoms with E-state index in [-0.39, 0.29) is 5.82 Å². The van der Waals surface area contributed by atoms with E-state index in [4.69, 9.17) is 9.47 Å². The highest BCUT2D eigenvalue weighted by atomic mass is 32.2. The van der Waals surface area contributed by atoms with Gasteiger partial charge in [0.05, 0.1) is 25.4 Å². The molecule has 2 N–H and O–H groups in total. The van der Waals surface area contributed by atoms with E-state index in [1.54, 1.807) is 19.5 Å². The highest BCUT2D eigenvalue weighted by molar-refractivity contribution is 8.01. The molecular weight excluding hydrogens is 525 g/mol. The van der Waals surface area contributed by atoms with Gasteiger partial charge in [0, 0.05) is 34.8 Å². The lowest BCUT2D eigenvalue weighted by Crippen LogP contribution is -2.25. The van der Waals surface area contributed by atoms with Crippen LogP contribution in [0, 0.1) is 5.82 Å². The number of hydrogen-bond acceptors (Lipinski definition) is 8. The number of methoxy groups -OCH3 is 1. The van der Waals surface area contributed by atoms with Crippen LogP contribution in [0.5, 0.6) is 11.5 Å². The van der Waals surface area contributed by atoms with E-state index < -0.39 is 6.03 Å². The van der Waals surface area contributed by atoms with Crippen molar-refractivity contribution in [2.24, 2.45) is 0 Å². The molecule has 0 radical (unpaired) electrons. The van der Waals surface area contributed by atoms with E-state index in [0.29, 0.717) is 28.8 Å². The number of pyridine rings is 1. The molecule has 11 heteroatoms. The summed E-state index contributed by atoms with van der Waals surface area (Å²) in [5.74, 6) is 0.951. The molecule has 0 saturated heterocycles. The van der Waals surface area contributed by atoms with Crippen LogP contribution < -0.4 is 20.1 Å². The van der Waals surface area contributed by atoms with E-state index in [1.807, 2.05) is 18.2 Å². The molecule has 8 nitrogen and oxygen atoms in total. The number of halogens is 1. The molecule has 4 rings (SSSR count). The van der Waals surface area contributed by atoms with Crippen LogP contribution in [0.15, 0.2) is 64.1 Å². The normalized spacial score (nSPS) is 11.1. The monoisotopic (exact) mass is 555 g/mol. The van der Waals surface area contributed by atoms with Crippen molar-refractivity contribution in [1.29, 1.82) is 0 Å². The third-order valence-corrected chi connectivity index (χ3v) is 7.84. The van der Waals surface area contributed by atoms with Gasteiger partial charge in [-0.25, -0.2) is 14.2 Å². The third-order valence-electron chi connectivity index (χ3n) is 5.78. The second-order valence-corrected chi connectivity index (χ2v) is 10.6. The number of fused-ring (bicyclic) bond motifs is 1. The van der Waals surface area contributed by atoms with Crippen LogP contribution in [0.1, 0.15) is 20.3 Å². The molecule has 0 atom stereocenters. The molecule has 0 aliphatic rings. The van der Waals surface area contributed by atoms with Gasteiger partial charge in [0.2, 0.25) is 0 Å². The van der Waals surface area contributed by atoms with E-state index in [9.17, 15) is 9.18 Å². The van der Waals surface area contributed by atoms with Gasteiger partial charge in [-0.1, -0.05) is 36.9 Å². The third kappa shape index (κ3) is 7.33. The fourth-order valence-corrected chi connectivity index (χ4v) is 5.71. The zero-order valence-corrected chi connectivity index (χ0v) is 23.1. The molecule has 0 saturated carbocycles. The first-order valence-electron chi connectivity index (χ1n) is 12.3. The zero-order chi connectivity index (χ0) is 26.9. The number of benzene rings is 2. The lowest BCUT2D eigenvalue weighted by atomic mass is 10.2. The van der Waals surface area contributed by atoms with Crippen molar-refractivity contribution in [2.75, 3.05) is 44.0 Å². The fourth-order valence-electron chi connectivity index (χ4n) is 3.76. The van der Waals surface area contributed by atoms with Crippen molar-refractivity contribution in [2.45, 2.75) is 29.5 Å². The average molecular weight is 556 g/mol. The molecule has 38 heavy (non-hydrogen) atoms. The Morgan fingerprint density at radius 3 is 2.61 bits per heavy atom. The minimum Gasteiger partial charge on any atom is -0.493 e.